The second-order valence-electron chi connectivity index (χ2n) is 6.22. The van der Waals surface area contributed by atoms with E-state index in [-0.39, 0.29) is 29.2 Å². The molecule has 3 rings (SSSR count). The van der Waals surface area contributed by atoms with Crippen LogP contribution in [0.3, 0.4) is 0 Å². The van der Waals surface area contributed by atoms with Gasteiger partial charge in [0.05, 0.1) is 16.9 Å². The maximum absolute atomic E-state index is 12.6. The fourth-order valence-electron chi connectivity index (χ4n) is 2.95. The molecule has 6 heteroatoms. The second kappa shape index (κ2) is 5.96. The Morgan fingerprint density at radius 3 is 2.83 bits per heavy atom. The molecule has 1 atom stereocenters. The number of para-hydroxylation sites is 1. The number of hydrogen-bond acceptors (Lipinski definition) is 5. The van der Waals surface area contributed by atoms with Crippen LogP contribution in [-0.4, -0.2) is 21.4 Å². The average molecular weight is 327 g/mol. The normalized spacial score (nSPS) is 19.2. The summed E-state index contributed by atoms with van der Waals surface area (Å²) >= 11 is 0. The predicted molar refractivity (Wildman–Crippen MR) is 87.5 cm³/mol. The summed E-state index contributed by atoms with van der Waals surface area (Å²) in [6.45, 7) is 1.84. The molecule has 2 aromatic carbocycles. The summed E-state index contributed by atoms with van der Waals surface area (Å²) in [4.78, 5) is 22.8. The lowest BCUT2D eigenvalue weighted by Gasteiger charge is -2.35. The maximum Gasteiger partial charge on any atom is 0.270 e. The van der Waals surface area contributed by atoms with Gasteiger partial charge in [0.1, 0.15) is 17.1 Å². The summed E-state index contributed by atoms with van der Waals surface area (Å²) in [6.07, 6.45) is 1.49. The van der Waals surface area contributed by atoms with E-state index in [4.69, 9.17) is 4.74 Å². The number of nitrogens with zero attached hydrogens (tertiary/aromatic N) is 1. The Kier molecular flexibility index (Phi) is 3.97. The molecule has 6 nitrogen and oxygen atoms in total. The predicted octanol–water partition coefficient (Wildman–Crippen LogP) is 3.66. The van der Waals surface area contributed by atoms with E-state index >= 15 is 0 Å². The number of nitro benzene ring substituents is 1. The van der Waals surface area contributed by atoms with Crippen LogP contribution in [0.4, 0.5) is 5.69 Å². The van der Waals surface area contributed by atoms with E-state index in [9.17, 15) is 20.0 Å². The van der Waals surface area contributed by atoms with Crippen LogP contribution in [0.25, 0.3) is 0 Å². The quantitative estimate of drug-likeness (QED) is 0.526. The third-order valence-corrected chi connectivity index (χ3v) is 4.28. The zero-order valence-electron chi connectivity index (χ0n) is 13.2. The summed E-state index contributed by atoms with van der Waals surface area (Å²) in [5.74, 6) is 0.116. The lowest BCUT2D eigenvalue weighted by Crippen LogP contribution is -2.38. The number of non-ortho nitro benzene ring substituents is 1. The molecule has 1 N–H and O–H groups in total. The molecule has 0 saturated carbocycles. The molecule has 24 heavy (non-hydrogen) atoms. The van der Waals surface area contributed by atoms with Gasteiger partial charge in [-0.1, -0.05) is 18.2 Å². The number of carbonyl (C=O) groups is 1. The molecule has 1 heterocycles. The first-order valence-electron chi connectivity index (χ1n) is 7.65. The fourth-order valence-corrected chi connectivity index (χ4v) is 2.95. The molecule has 0 amide bonds. The van der Waals surface area contributed by atoms with Crippen molar-refractivity contribution in [2.24, 2.45) is 0 Å². The van der Waals surface area contributed by atoms with Gasteiger partial charge in [0, 0.05) is 12.1 Å². The Bertz CT molecular complexity index is 817. The van der Waals surface area contributed by atoms with Gasteiger partial charge in [0.25, 0.3) is 5.69 Å². The highest BCUT2D eigenvalue weighted by Gasteiger charge is 2.34. The minimum absolute atomic E-state index is 0.0378. The van der Waals surface area contributed by atoms with Gasteiger partial charge in [0.2, 0.25) is 0 Å². The number of fused-ring (bicyclic) bond motifs is 1. The number of Topliss-reactive ketones (excluding diaryl/α,β-unsaturated/α-hetero) is 1. The van der Waals surface area contributed by atoms with Crippen molar-refractivity contribution in [3.63, 3.8) is 0 Å². The minimum atomic E-state index is -0.706. The van der Waals surface area contributed by atoms with Gasteiger partial charge in [-0.15, -0.1) is 0 Å². The largest absolute Gasteiger partial charge is 0.507 e. The van der Waals surface area contributed by atoms with E-state index in [0.29, 0.717) is 6.42 Å². The van der Waals surface area contributed by atoms with E-state index in [2.05, 4.69) is 0 Å². The Hall–Kier alpha value is -2.89. The van der Waals surface area contributed by atoms with Gasteiger partial charge in [-0.2, -0.15) is 0 Å². The van der Waals surface area contributed by atoms with Crippen LogP contribution < -0.4 is 4.74 Å². The maximum atomic E-state index is 12.6. The second-order valence-corrected chi connectivity index (χ2v) is 6.22. The zero-order chi connectivity index (χ0) is 17.3. The number of phenols is 1. The number of benzene rings is 2. The third-order valence-electron chi connectivity index (χ3n) is 4.28. The molecule has 124 valence electrons. The molecule has 1 aliphatic heterocycles. The summed E-state index contributed by atoms with van der Waals surface area (Å²) < 4.78 is 5.99. The summed E-state index contributed by atoms with van der Waals surface area (Å²) in [6, 6.07) is 11.1. The smallest absolute Gasteiger partial charge is 0.270 e. The zero-order valence-corrected chi connectivity index (χ0v) is 13.2. The molecule has 2 aromatic rings. The standard InChI is InChI=1S/C18H17NO5/c1-18(9-8-12-4-2-3-5-17(12)24-18)11-16(21)14-10-13(19(22)23)6-7-15(14)20/h2-7,10,20H,8-9,11H2,1H3. The van der Waals surface area contributed by atoms with Crippen LogP contribution in [0.1, 0.15) is 35.7 Å². The van der Waals surface area contributed by atoms with Crippen molar-refractivity contribution >= 4 is 11.5 Å². The monoisotopic (exact) mass is 327 g/mol. The number of hydrogen-bond donors (Lipinski definition) is 1. The first kappa shape index (κ1) is 16.0. The number of rotatable bonds is 4. The van der Waals surface area contributed by atoms with E-state index in [1.54, 1.807) is 0 Å². The Balaban J connectivity index is 1.83. The van der Waals surface area contributed by atoms with Crippen molar-refractivity contribution in [1.29, 1.82) is 0 Å². The van der Waals surface area contributed by atoms with E-state index in [0.717, 1.165) is 23.8 Å². The summed E-state index contributed by atoms with van der Waals surface area (Å²) in [7, 11) is 0. The molecule has 1 unspecified atom stereocenters. The van der Waals surface area contributed by atoms with Crippen LogP contribution in [0, 0.1) is 10.1 Å². The molecule has 0 bridgehead atoms. The first-order chi connectivity index (χ1) is 11.4. The molecule has 0 saturated heterocycles. The van der Waals surface area contributed by atoms with Gasteiger partial charge in [0.15, 0.2) is 5.78 Å². The Morgan fingerprint density at radius 2 is 2.08 bits per heavy atom. The van der Waals surface area contributed by atoms with Crippen molar-refractivity contribution < 1.29 is 19.6 Å². The fraction of sp³-hybridized carbons (Fsp3) is 0.278. The molecule has 0 radical (unpaired) electrons. The number of nitro groups is 1. The minimum Gasteiger partial charge on any atom is -0.507 e. The molecule has 0 aliphatic carbocycles. The van der Waals surface area contributed by atoms with Crippen molar-refractivity contribution in [2.75, 3.05) is 0 Å². The Morgan fingerprint density at radius 1 is 1.33 bits per heavy atom. The number of ether oxygens (including phenoxy) is 1. The molecule has 0 aromatic heterocycles. The van der Waals surface area contributed by atoms with Crippen LogP contribution >= 0.6 is 0 Å². The van der Waals surface area contributed by atoms with Crippen LogP contribution in [0.2, 0.25) is 0 Å². The molecular weight excluding hydrogens is 310 g/mol. The van der Waals surface area contributed by atoms with Crippen LogP contribution in [0.5, 0.6) is 11.5 Å². The molecular formula is C18H17NO5. The van der Waals surface area contributed by atoms with Gasteiger partial charge in [-0.05, 0) is 37.5 Å². The lowest BCUT2D eigenvalue weighted by atomic mass is 9.87. The summed E-state index contributed by atoms with van der Waals surface area (Å²) in [5.41, 5.74) is 0.118. The molecule has 0 fully saturated rings. The van der Waals surface area contributed by atoms with E-state index in [1.807, 2.05) is 31.2 Å². The topological polar surface area (TPSA) is 89.7 Å². The average Bonchev–Trinajstić information content (AvgIpc) is 2.54. The third kappa shape index (κ3) is 3.08. The number of aromatic hydroxyl groups is 1. The highest BCUT2D eigenvalue weighted by molar-refractivity contribution is 5.99. The SMILES string of the molecule is CC1(CC(=O)c2cc([N+](=O)[O-])ccc2O)CCc2ccccc2O1. The number of phenolic OH excluding ortho intramolecular Hbond substituents is 1. The molecule has 1 aliphatic rings. The van der Waals surface area contributed by atoms with Crippen molar-refractivity contribution in [2.45, 2.75) is 31.8 Å². The van der Waals surface area contributed by atoms with Crippen LogP contribution in [0.15, 0.2) is 42.5 Å². The highest BCUT2D eigenvalue weighted by Crippen LogP contribution is 2.36. The summed E-state index contributed by atoms with van der Waals surface area (Å²) in [5, 5.41) is 20.7. The number of carbonyl (C=O) groups excluding carboxylic acids is 1. The van der Waals surface area contributed by atoms with Gasteiger partial charge >= 0.3 is 0 Å². The first-order valence-corrected chi connectivity index (χ1v) is 7.65. The highest BCUT2D eigenvalue weighted by atomic mass is 16.6. The Labute approximate surface area is 138 Å². The van der Waals surface area contributed by atoms with Crippen molar-refractivity contribution in [1.82, 2.24) is 0 Å². The van der Waals surface area contributed by atoms with Gasteiger partial charge < -0.3 is 9.84 Å². The van der Waals surface area contributed by atoms with Gasteiger partial charge in [-0.25, -0.2) is 0 Å². The van der Waals surface area contributed by atoms with Crippen molar-refractivity contribution in [3.8, 4) is 11.5 Å². The van der Waals surface area contributed by atoms with E-state index < -0.39 is 10.5 Å². The van der Waals surface area contributed by atoms with Crippen LogP contribution in [-0.2, 0) is 6.42 Å². The van der Waals surface area contributed by atoms with Crippen molar-refractivity contribution in [3.05, 3.63) is 63.7 Å². The van der Waals surface area contributed by atoms with Gasteiger partial charge in [-0.3, -0.25) is 14.9 Å². The van der Waals surface area contributed by atoms with E-state index in [1.165, 1.54) is 12.1 Å². The number of ketones is 1. The number of aryl methyl sites for hydroxylation is 1. The lowest BCUT2D eigenvalue weighted by molar-refractivity contribution is -0.384. The molecule has 0 spiro atoms.